The first kappa shape index (κ1) is 12.4. The van der Waals surface area contributed by atoms with E-state index in [-0.39, 0.29) is 5.54 Å². The molecule has 1 atom stereocenters. The highest BCUT2D eigenvalue weighted by atomic mass is 15.2. The molecule has 94 valence electrons. The molecule has 0 aliphatic carbocycles. The Morgan fingerprint density at radius 3 is 2.47 bits per heavy atom. The number of aryl methyl sites for hydroxylation is 2. The Bertz CT molecular complexity index is 409. The third-order valence-corrected chi connectivity index (χ3v) is 4.09. The number of likely N-dealkylation sites (N-methyl/N-ethyl adjacent to an activating group) is 1. The zero-order chi connectivity index (χ0) is 12.6. The first-order valence-electron chi connectivity index (χ1n) is 6.46. The summed E-state index contributed by atoms with van der Waals surface area (Å²) < 4.78 is 0. The largest absolute Gasteiger partial charge is 0.365 e. The summed E-state index contributed by atoms with van der Waals surface area (Å²) in [6, 6.07) is 7.40. The summed E-state index contributed by atoms with van der Waals surface area (Å²) in [5.74, 6) is 0. The van der Waals surface area contributed by atoms with Crippen LogP contribution in [0.5, 0.6) is 0 Å². The van der Waals surface area contributed by atoms with E-state index in [1.54, 1.807) is 0 Å². The van der Waals surface area contributed by atoms with Crippen molar-refractivity contribution < 1.29 is 0 Å². The van der Waals surface area contributed by atoms with Gasteiger partial charge in [-0.25, -0.2) is 0 Å². The molecule has 1 aliphatic heterocycles. The average Bonchev–Trinajstić information content (AvgIpc) is 2.58. The van der Waals surface area contributed by atoms with E-state index in [2.05, 4.69) is 63.2 Å². The van der Waals surface area contributed by atoms with Gasteiger partial charge >= 0.3 is 0 Å². The van der Waals surface area contributed by atoms with Gasteiger partial charge in [0.25, 0.3) is 0 Å². The van der Waals surface area contributed by atoms with Gasteiger partial charge in [-0.2, -0.15) is 0 Å². The fourth-order valence-corrected chi connectivity index (χ4v) is 2.79. The molecule has 1 aromatic rings. The second-order valence-electron chi connectivity index (χ2n) is 5.88. The van der Waals surface area contributed by atoms with Crippen molar-refractivity contribution in [3.63, 3.8) is 0 Å². The maximum atomic E-state index is 3.40. The molecule has 2 nitrogen and oxygen atoms in total. The minimum atomic E-state index is 0.245. The lowest BCUT2D eigenvalue weighted by atomic mass is 9.99. The molecule has 1 aliphatic rings. The van der Waals surface area contributed by atoms with Crippen LogP contribution in [0.25, 0.3) is 0 Å². The van der Waals surface area contributed by atoms with Crippen LogP contribution >= 0.6 is 0 Å². The van der Waals surface area contributed by atoms with Gasteiger partial charge in [0.15, 0.2) is 0 Å². The summed E-state index contributed by atoms with van der Waals surface area (Å²) in [5.41, 5.74) is 4.35. The molecule has 0 spiro atoms. The molecule has 1 N–H and O–H groups in total. The monoisotopic (exact) mass is 232 g/mol. The zero-order valence-corrected chi connectivity index (χ0v) is 11.7. The Morgan fingerprint density at radius 1 is 1.24 bits per heavy atom. The van der Waals surface area contributed by atoms with Gasteiger partial charge in [-0.05, 0) is 64.4 Å². The summed E-state index contributed by atoms with van der Waals surface area (Å²) in [6.45, 7) is 10.1. The number of nitrogens with one attached hydrogen (secondary N) is 1. The normalized spacial score (nSPS) is 23.1. The van der Waals surface area contributed by atoms with Crippen molar-refractivity contribution in [1.82, 2.24) is 5.32 Å². The van der Waals surface area contributed by atoms with Gasteiger partial charge < -0.3 is 10.2 Å². The first-order valence-corrected chi connectivity index (χ1v) is 6.46. The standard InChI is InChI=1S/C15H24N2/c1-11-6-7-14(8-12(11)2)17-10-13(16-5)9-15(17,3)4/h6-8,13,16H,9-10H2,1-5H3. The highest BCUT2D eigenvalue weighted by Crippen LogP contribution is 2.34. The number of nitrogens with zero attached hydrogens (tertiary/aromatic N) is 1. The van der Waals surface area contributed by atoms with Gasteiger partial charge in [-0.15, -0.1) is 0 Å². The Balaban J connectivity index is 2.30. The molecule has 0 bridgehead atoms. The summed E-state index contributed by atoms with van der Waals surface area (Å²) in [7, 11) is 2.06. The van der Waals surface area contributed by atoms with Crippen molar-refractivity contribution in [3.8, 4) is 0 Å². The van der Waals surface area contributed by atoms with Gasteiger partial charge in [0.05, 0.1) is 0 Å². The van der Waals surface area contributed by atoms with Crippen LogP contribution in [0.1, 0.15) is 31.4 Å². The van der Waals surface area contributed by atoms with Crippen molar-refractivity contribution in [2.45, 2.75) is 45.7 Å². The summed E-state index contributed by atoms with van der Waals surface area (Å²) in [5, 5.41) is 3.40. The number of hydrogen-bond acceptors (Lipinski definition) is 2. The molecule has 1 unspecified atom stereocenters. The highest BCUT2D eigenvalue weighted by Gasteiger charge is 2.37. The van der Waals surface area contributed by atoms with Crippen molar-refractivity contribution in [3.05, 3.63) is 29.3 Å². The average molecular weight is 232 g/mol. The van der Waals surface area contributed by atoms with Crippen LogP contribution in [0.15, 0.2) is 18.2 Å². The minimum Gasteiger partial charge on any atom is -0.365 e. The Hall–Kier alpha value is -1.02. The first-order chi connectivity index (χ1) is 7.94. The predicted molar refractivity (Wildman–Crippen MR) is 74.8 cm³/mol. The maximum Gasteiger partial charge on any atom is 0.0374 e. The predicted octanol–water partition coefficient (Wildman–Crippen LogP) is 2.88. The van der Waals surface area contributed by atoms with Gasteiger partial charge in [0.1, 0.15) is 0 Å². The molecule has 0 saturated carbocycles. The van der Waals surface area contributed by atoms with E-state index in [9.17, 15) is 0 Å². The fraction of sp³-hybridized carbons (Fsp3) is 0.600. The van der Waals surface area contributed by atoms with E-state index < -0.39 is 0 Å². The quantitative estimate of drug-likeness (QED) is 0.843. The summed E-state index contributed by atoms with van der Waals surface area (Å²) >= 11 is 0. The smallest absolute Gasteiger partial charge is 0.0374 e. The number of rotatable bonds is 2. The zero-order valence-electron chi connectivity index (χ0n) is 11.7. The lowest BCUT2D eigenvalue weighted by Gasteiger charge is -2.33. The molecule has 1 fully saturated rings. The molecule has 0 radical (unpaired) electrons. The van der Waals surface area contributed by atoms with Crippen molar-refractivity contribution in [2.24, 2.45) is 0 Å². The minimum absolute atomic E-state index is 0.245. The van der Waals surface area contributed by atoms with Gasteiger partial charge in [0, 0.05) is 23.8 Å². The van der Waals surface area contributed by atoms with E-state index in [0.29, 0.717) is 6.04 Å². The van der Waals surface area contributed by atoms with E-state index >= 15 is 0 Å². The number of hydrogen-bond donors (Lipinski definition) is 1. The molecule has 1 heterocycles. The molecule has 17 heavy (non-hydrogen) atoms. The van der Waals surface area contributed by atoms with Crippen LogP contribution < -0.4 is 10.2 Å². The van der Waals surface area contributed by atoms with Gasteiger partial charge in [0.2, 0.25) is 0 Å². The van der Waals surface area contributed by atoms with Crippen LogP contribution in [0, 0.1) is 13.8 Å². The van der Waals surface area contributed by atoms with Crippen molar-refractivity contribution in [2.75, 3.05) is 18.5 Å². The second kappa shape index (κ2) is 4.34. The van der Waals surface area contributed by atoms with Gasteiger partial charge in [-0.1, -0.05) is 6.07 Å². The lowest BCUT2D eigenvalue weighted by molar-refractivity contribution is 0.487. The Labute approximate surface area is 105 Å². The van der Waals surface area contributed by atoms with E-state index in [1.165, 1.54) is 23.2 Å². The number of anilines is 1. The fourth-order valence-electron chi connectivity index (χ4n) is 2.79. The second-order valence-corrected chi connectivity index (χ2v) is 5.88. The van der Waals surface area contributed by atoms with Crippen LogP contribution in [0.4, 0.5) is 5.69 Å². The molecule has 1 saturated heterocycles. The molecule has 2 rings (SSSR count). The molecular formula is C15H24N2. The highest BCUT2D eigenvalue weighted by molar-refractivity contribution is 5.54. The third kappa shape index (κ3) is 2.32. The Morgan fingerprint density at radius 2 is 1.94 bits per heavy atom. The summed E-state index contributed by atoms with van der Waals surface area (Å²) in [4.78, 5) is 2.53. The molecule has 0 aromatic heterocycles. The van der Waals surface area contributed by atoms with E-state index in [4.69, 9.17) is 0 Å². The van der Waals surface area contributed by atoms with Crippen molar-refractivity contribution in [1.29, 1.82) is 0 Å². The van der Waals surface area contributed by atoms with E-state index in [1.807, 2.05) is 0 Å². The molecule has 2 heteroatoms. The van der Waals surface area contributed by atoms with Crippen LogP contribution in [-0.2, 0) is 0 Å². The van der Waals surface area contributed by atoms with Crippen molar-refractivity contribution >= 4 is 5.69 Å². The molecule has 1 aromatic carbocycles. The number of benzene rings is 1. The Kier molecular flexibility index (Phi) is 3.17. The van der Waals surface area contributed by atoms with Crippen LogP contribution in [0.2, 0.25) is 0 Å². The van der Waals surface area contributed by atoms with Gasteiger partial charge in [-0.3, -0.25) is 0 Å². The topological polar surface area (TPSA) is 15.3 Å². The third-order valence-electron chi connectivity index (χ3n) is 4.09. The SMILES string of the molecule is CNC1CN(c2ccc(C)c(C)c2)C(C)(C)C1. The molecular weight excluding hydrogens is 208 g/mol. The van der Waals surface area contributed by atoms with Crippen LogP contribution in [0.3, 0.4) is 0 Å². The lowest BCUT2D eigenvalue weighted by Crippen LogP contribution is -2.38. The molecule has 0 amide bonds. The maximum absolute atomic E-state index is 3.40. The summed E-state index contributed by atoms with van der Waals surface area (Å²) in [6.07, 6.45) is 1.20. The van der Waals surface area contributed by atoms with Crippen LogP contribution in [-0.4, -0.2) is 25.2 Å². The van der Waals surface area contributed by atoms with E-state index in [0.717, 1.165) is 6.54 Å².